The molecule has 3 rings (SSSR count). The molecule has 7 nitrogen and oxygen atoms in total. The second-order valence-corrected chi connectivity index (χ2v) is 5.39. The zero-order valence-corrected chi connectivity index (χ0v) is 12.6. The van der Waals surface area contributed by atoms with Gasteiger partial charge in [-0.25, -0.2) is 9.97 Å². The maximum Gasteiger partial charge on any atom is 0.290 e. The summed E-state index contributed by atoms with van der Waals surface area (Å²) in [6, 6.07) is 1.85. The van der Waals surface area contributed by atoms with Gasteiger partial charge in [0.1, 0.15) is 19.0 Å². The quantitative estimate of drug-likeness (QED) is 0.892. The van der Waals surface area contributed by atoms with Crippen molar-refractivity contribution in [2.45, 2.75) is 25.8 Å². The first-order valence-corrected chi connectivity index (χ1v) is 7.53. The summed E-state index contributed by atoms with van der Waals surface area (Å²) in [6.45, 7) is 4.25. The Bertz CT molecular complexity index is 561. The van der Waals surface area contributed by atoms with Crippen LogP contribution in [0, 0.1) is 0 Å². The fraction of sp³-hybridized carbons (Fsp3) is 0.533. The molecule has 1 aromatic rings. The molecule has 1 atom stereocenters. The molecule has 1 fully saturated rings. The number of carbonyl (C=O) groups excluding carboxylic acids is 1. The fourth-order valence-electron chi connectivity index (χ4n) is 2.71. The first-order valence-electron chi connectivity index (χ1n) is 7.53. The van der Waals surface area contributed by atoms with Crippen LogP contribution in [-0.2, 0) is 14.3 Å². The van der Waals surface area contributed by atoms with Crippen LogP contribution in [-0.4, -0.2) is 48.2 Å². The van der Waals surface area contributed by atoms with Crippen LogP contribution in [0.15, 0.2) is 30.0 Å². The van der Waals surface area contributed by atoms with Crippen molar-refractivity contribution in [3.8, 4) is 0 Å². The molecule has 1 amide bonds. The molecule has 0 aromatic carbocycles. The summed E-state index contributed by atoms with van der Waals surface area (Å²) in [4.78, 5) is 22.9. The number of anilines is 1. The van der Waals surface area contributed by atoms with Crippen LogP contribution in [0.25, 0.3) is 0 Å². The lowest BCUT2D eigenvalue weighted by molar-refractivity contribution is -0.123. The van der Waals surface area contributed by atoms with Crippen molar-refractivity contribution in [1.82, 2.24) is 15.3 Å². The van der Waals surface area contributed by atoms with E-state index in [0.29, 0.717) is 37.2 Å². The SMILES string of the molecule is CC1=C(C(=O)NC2CCCN(c3ncccn3)C2)OCCO1. The molecule has 22 heavy (non-hydrogen) atoms. The van der Waals surface area contributed by atoms with Crippen molar-refractivity contribution in [3.05, 3.63) is 30.0 Å². The highest BCUT2D eigenvalue weighted by Gasteiger charge is 2.26. The average Bonchev–Trinajstić information content (AvgIpc) is 2.56. The van der Waals surface area contributed by atoms with E-state index in [2.05, 4.69) is 20.2 Å². The molecule has 0 saturated carbocycles. The van der Waals surface area contributed by atoms with Crippen molar-refractivity contribution in [1.29, 1.82) is 0 Å². The van der Waals surface area contributed by atoms with Crippen LogP contribution in [0.1, 0.15) is 19.8 Å². The van der Waals surface area contributed by atoms with E-state index in [4.69, 9.17) is 9.47 Å². The maximum absolute atomic E-state index is 12.3. The minimum Gasteiger partial charge on any atom is -0.491 e. The third-order valence-corrected chi connectivity index (χ3v) is 3.77. The van der Waals surface area contributed by atoms with Crippen molar-refractivity contribution < 1.29 is 14.3 Å². The number of hydrogen-bond acceptors (Lipinski definition) is 6. The van der Waals surface area contributed by atoms with E-state index >= 15 is 0 Å². The molecule has 0 radical (unpaired) electrons. The number of hydrogen-bond donors (Lipinski definition) is 1. The molecule has 2 aliphatic rings. The highest BCUT2D eigenvalue weighted by molar-refractivity contribution is 5.92. The van der Waals surface area contributed by atoms with Gasteiger partial charge in [-0.15, -0.1) is 0 Å². The number of amides is 1. The van der Waals surface area contributed by atoms with Gasteiger partial charge in [0.25, 0.3) is 5.91 Å². The standard InChI is InChI=1S/C15H20N4O3/c1-11-13(22-9-8-21-11)14(20)18-12-4-2-7-19(10-12)15-16-5-3-6-17-15/h3,5-6,12H,2,4,7-10H2,1H3,(H,18,20). The maximum atomic E-state index is 12.3. The Labute approximate surface area is 129 Å². The predicted molar refractivity (Wildman–Crippen MR) is 80.0 cm³/mol. The Hall–Kier alpha value is -2.31. The van der Waals surface area contributed by atoms with E-state index in [-0.39, 0.29) is 11.9 Å². The summed E-state index contributed by atoms with van der Waals surface area (Å²) in [5.74, 6) is 1.33. The van der Waals surface area contributed by atoms with Crippen LogP contribution < -0.4 is 10.2 Å². The van der Waals surface area contributed by atoms with E-state index in [1.807, 2.05) is 0 Å². The summed E-state index contributed by atoms with van der Waals surface area (Å²) in [6.07, 6.45) is 5.37. The lowest BCUT2D eigenvalue weighted by Gasteiger charge is -2.33. The van der Waals surface area contributed by atoms with Crippen LogP contribution in [0.2, 0.25) is 0 Å². The second-order valence-electron chi connectivity index (χ2n) is 5.39. The first-order chi connectivity index (χ1) is 10.7. The summed E-state index contributed by atoms with van der Waals surface area (Å²) < 4.78 is 10.8. The van der Waals surface area contributed by atoms with Gasteiger partial charge in [0.15, 0.2) is 0 Å². The molecule has 7 heteroatoms. The van der Waals surface area contributed by atoms with Gasteiger partial charge >= 0.3 is 0 Å². The van der Waals surface area contributed by atoms with E-state index in [0.717, 1.165) is 19.4 Å². The Morgan fingerprint density at radius 1 is 1.32 bits per heavy atom. The second kappa shape index (κ2) is 6.64. The molecule has 1 N–H and O–H groups in total. The molecular formula is C15H20N4O3. The van der Waals surface area contributed by atoms with Gasteiger partial charge < -0.3 is 19.7 Å². The molecule has 1 saturated heterocycles. The molecule has 2 aliphatic heterocycles. The van der Waals surface area contributed by atoms with Gasteiger partial charge in [0.2, 0.25) is 11.7 Å². The van der Waals surface area contributed by atoms with Gasteiger partial charge in [-0.2, -0.15) is 0 Å². The first kappa shape index (κ1) is 14.6. The Morgan fingerprint density at radius 3 is 2.86 bits per heavy atom. The number of ether oxygens (including phenoxy) is 2. The number of aromatic nitrogens is 2. The third kappa shape index (κ3) is 3.29. The van der Waals surface area contributed by atoms with Gasteiger partial charge in [0, 0.05) is 31.5 Å². The van der Waals surface area contributed by atoms with E-state index in [1.165, 1.54) is 0 Å². The van der Waals surface area contributed by atoms with Crippen molar-refractivity contribution in [3.63, 3.8) is 0 Å². The molecule has 1 aromatic heterocycles. The molecule has 0 bridgehead atoms. The number of nitrogens with zero attached hydrogens (tertiary/aromatic N) is 3. The number of nitrogens with one attached hydrogen (secondary N) is 1. The molecule has 1 unspecified atom stereocenters. The normalized spacial score (nSPS) is 21.9. The highest BCUT2D eigenvalue weighted by Crippen LogP contribution is 2.17. The molecule has 0 aliphatic carbocycles. The van der Waals surface area contributed by atoms with E-state index in [1.54, 1.807) is 25.4 Å². The van der Waals surface area contributed by atoms with Crippen molar-refractivity contribution in [2.75, 3.05) is 31.2 Å². The number of allylic oxidation sites excluding steroid dienone is 1. The van der Waals surface area contributed by atoms with Gasteiger partial charge in [-0.3, -0.25) is 4.79 Å². The van der Waals surface area contributed by atoms with E-state index < -0.39 is 0 Å². The summed E-state index contributed by atoms with van der Waals surface area (Å²) >= 11 is 0. The Balaban J connectivity index is 1.62. The van der Waals surface area contributed by atoms with Gasteiger partial charge in [-0.1, -0.05) is 0 Å². The van der Waals surface area contributed by atoms with Crippen molar-refractivity contribution in [2.24, 2.45) is 0 Å². The van der Waals surface area contributed by atoms with Crippen LogP contribution in [0.4, 0.5) is 5.95 Å². The largest absolute Gasteiger partial charge is 0.491 e. The predicted octanol–water partition coefficient (Wildman–Crippen LogP) is 0.840. The van der Waals surface area contributed by atoms with Gasteiger partial charge in [0.05, 0.1) is 0 Å². The van der Waals surface area contributed by atoms with Crippen molar-refractivity contribution >= 4 is 11.9 Å². The number of carbonyl (C=O) groups is 1. The number of rotatable bonds is 3. The lowest BCUT2D eigenvalue weighted by atomic mass is 10.1. The minimum absolute atomic E-state index is 0.0517. The molecule has 3 heterocycles. The molecule has 118 valence electrons. The van der Waals surface area contributed by atoms with E-state index in [9.17, 15) is 4.79 Å². The monoisotopic (exact) mass is 304 g/mol. The topological polar surface area (TPSA) is 76.6 Å². The molecular weight excluding hydrogens is 284 g/mol. The fourth-order valence-corrected chi connectivity index (χ4v) is 2.71. The summed E-state index contributed by atoms with van der Waals surface area (Å²) in [5.41, 5.74) is 0. The minimum atomic E-state index is -0.210. The summed E-state index contributed by atoms with van der Waals surface area (Å²) in [7, 11) is 0. The Kier molecular flexibility index (Phi) is 4.41. The van der Waals surface area contributed by atoms with Crippen LogP contribution >= 0.6 is 0 Å². The average molecular weight is 304 g/mol. The number of piperidine rings is 1. The van der Waals surface area contributed by atoms with Gasteiger partial charge in [-0.05, 0) is 25.8 Å². The zero-order chi connectivity index (χ0) is 15.4. The van der Waals surface area contributed by atoms with Crippen LogP contribution in [0.3, 0.4) is 0 Å². The summed E-state index contributed by atoms with van der Waals surface area (Å²) in [5, 5.41) is 3.02. The highest BCUT2D eigenvalue weighted by atomic mass is 16.6. The third-order valence-electron chi connectivity index (χ3n) is 3.77. The zero-order valence-electron chi connectivity index (χ0n) is 12.6. The Morgan fingerprint density at radius 2 is 2.09 bits per heavy atom. The lowest BCUT2D eigenvalue weighted by Crippen LogP contribution is -2.49. The smallest absolute Gasteiger partial charge is 0.290 e. The van der Waals surface area contributed by atoms with Crippen LogP contribution in [0.5, 0.6) is 0 Å². The molecule has 0 spiro atoms.